The Morgan fingerprint density at radius 2 is 1.92 bits per heavy atom. The Kier molecular flexibility index (Phi) is 6.03. The van der Waals surface area contributed by atoms with Gasteiger partial charge in [-0.2, -0.15) is 0 Å². The molecule has 0 aliphatic heterocycles. The zero-order valence-electron chi connectivity index (χ0n) is 9.18. The van der Waals surface area contributed by atoms with Crippen LogP contribution in [0.1, 0.15) is 34.1 Å². The molecule has 74 valence electrons. The van der Waals surface area contributed by atoms with Crippen molar-refractivity contribution in [3.63, 3.8) is 0 Å². The van der Waals surface area contributed by atoms with Crippen LogP contribution in [0.2, 0.25) is 0 Å². The van der Waals surface area contributed by atoms with Crippen molar-refractivity contribution in [3.05, 3.63) is 35.6 Å². The standard InChI is InChI=1S/C12H20O/c1-6-11(7-2)12(13-8-3)9-10(4)5/h6,9H,1,7-8H2,2-5H3/b12-11-. The van der Waals surface area contributed by atoms with Crippen LogP contribution in [0.4, 0.5) is 0 Å². The molecule has 0 saturated carbocycles. The maximum atomic E-state index is 5.53. The first kappa shape index (κ1) is 12.0. The third-order valence-corrected chi connectivity index (χ3v) is 1.66. The van der Waals surface area contributed by atoms with E-state index < -0.39 is 0 Å². The summed E-state index contributed by atoms with van der Waals surface area (Å²) in [6.45, 7) is 12.7. The van der Waals surface area contributed by atoms with Gasteiger partial charge >= 0.3 is 0 Å². The van der Waals surface area contributed by atoms with Crippen LogP contribution < -0.4 is 0 Å². The van der Waals surface area contributed by atoms with E-state index in [2.05, 4.69) is 33.4 Å². The van der Waals surface area contributed by atoms with E-state index in [-0.39, 0.29) is 0 Å². The lowest BCUT2D eigenvalue weighted by atomic mass is 10.1. The van der Waals surface area contributed by atoms with Crippen molar-refractivity contribution in [2.75, 3.05) is 6.61 Å². The van der Waals surface area contributed by atoms with Crippen LogP contribution in [0.5, 0.6) is 0 Å². The van der Waals surface area contributed by atoms with Crippen molar-refractivity contribution < 1.29 is 4.74 Å². The topological polar surface area (TPSA) is 9.23 Å². The summed E-state index contributed by atoms with van der Waals surface area (Å²) in [6.07, 6.45) is 4.89. The summed E-state index contributed by atoms with van der Waals surface area (Å²) < 4.78 is 5.53. The van der Waals surface area contributed by atoms with Crippen LogP contribution in [0.25, 0.3) is 0 Å². The minimum absolute atomic E-state index is 0.705. The number of hydrogen-bond donors (Lipinski definition) is 0. The van der Waals surface area contributed by atoms with E-state index in [0.29, 0.717) is 6.61 Å². The normalized spacial score (nSPS) is 11.7. The van der Waals surface area contributed by atoms with Gasteiger partial charge in [0.1, 0.15) is 5.76 Å². The van der Waals surface area contributed by atoms with Gasteiger partial charge in [0.2, 0.25) is 0 Å². The molecule has 0 rings (SSSR count). The monoisotopic (exact) mass is 180 g/mol. The largest absolute Gasteiger partial charge is 0.494 e. The molecule has 0 N–H and O–H groups in total. The first-order valence-corrected chi connectivity index (χ1v) is 4.78. The highest BCUT2D eigenvalue weighted by atomic mass is 16.5. The Bertz CT molecular complexity index is 217. The molecule has 0 aromatic heterocycles. The van der Waals surface area contributed by atoms with Crippen LogP contribution in [0.15, 0.2) is 35.6 Å². The fraction of sp³-hybridized carbons (Fsp3) is 0.500. The van der Waals surface area contributed by atoms with Crippen LogP contribution in [0.3, 0.4) is 0 Å². The van der Waals surface area contributed by atoms with Crippen LogP contribution in [-0.4, -0.2) is 6.61 Å². The second kappa shape index (κ2) is 6.53. The maximum absolute atomic E-state index is 5.53. The van der Waals surface area contributed by atoms with Gasteiger partial charge in [0.15, 0.2) is 0 Å². The van der Waals surface area contributed by atoms with Gasteiger partial charge < -0.3 is 4.74 Å². The lowest BCUT2D eigenvalue weighted by Gasteiger charge is -2.08. The smallest absolute Gasteiger partial charge is 0.122 e. The number of hydrogen-bond acceptors (Lipinski definition) is 1. The van der Waals surface area contributed by atoms with Gasteiger partial charge in [-0.25, -0.2) is 0 Å². The van der Waals surface area contributed by atoms with E-state index >= 15 is 0 Å². The molecule has 0 aromatic carbocycles. The quantitative estimate of drug-likeness (QED) is 0.461. The number of rotatable bonds is 5. The Hall–Kier alpha value is -0.980. The van der Waals surface area contributed by atoms with Crippen LogP contribution in [0, 0.1) is 0 Å². The Morgan fingerprint density at radius 3 is 2.23 bits per heavy atom. The molecule has 0 spiro atoms. The number of ether oxygens (including phenoxy) is 1. The molecule has 0 unspecified atom stereocenters. The summed E-state index contributed by atoms with van der Waals surface area (Å²) in [5, 5.41) is 0. The van der Waals surface area contributed by atoms with E-state index in [0.717, 1.165) is 12.2 Å². The van der Waals surface area contributed by atoms with Crippen molar-refractivity contribution in [3.8, 4) is 0 Å². The molecule has 0 aliphatic rings. The zero-order chi connectivity index (χ0) is 10.3. The second-order valence-corrected chi connectivity index (χ2v) is 3.10. The molecule has 1 nitrogen and oxygen atoms in total. The summed E-state index contributed by atoms with van der Waals surface area (Å²) in [4.78, 5) is 0. The molecule has 0 atom stereocenters. The average Bonchev–Trinajstić information content (AvgIpc) is 2.05. The molecule has 0 aromatic rings. The lowest BCUT2D eigenvalue weighted by Crippen LogP contribution is -1.93. The van der Waals surface area contributed by atoms with Gasteiger partial charge in [0, 0.05) is 0 Å². The van der Waals surface area contributed by atoms with Gasteiger partial charge in [0.05, 0.1) is 6.61 Å². The molecule has 0 bridgehead atoms. The first-order chi connectivity index (χ1) is 6.15. The van der Waals surface area contributed by atoms with Crippen LogP contribution in [-0.2, 0) is 4.74 Å². The molecule has 0 saturated heterocycles. The fourth-order valence-corrected chi connectivity index (χ4v) is 1.06. The van der Waals surface area contributed by atoms with Gasteiger partial charge in [-0.3, -0.25) is 0 Å². The highest BCUT2D eigenvalue weighted by Gasteiger charge is 1.99. The number of allylic oxidation sites excluding steroid dienone is 4. The molecular weight excluding hydrogens is 160 g/mol. The zero-order valence-corrected chi connectivity index (χ0v) is 9.18. The molecule has 13 heavy (non-hydrogen) atoms. The summed E-state index contributed by atoms with van der Waals surface area (Å²) >= 11 is 0. The minimum Gasteiger partial charge on any atom is -0.494 e. The summed E-state index contributed by atoms with van der Waals surface area (Å²) in [6, 6.07) is 0. The molecule has 0 radical (unpaired) electrons. The Labute approximate surface area is 81.8 Å². The summed E-state index contributed by atoms with van der Waals surface area (Å²) in [7, 11) is 0. The van der Waals surface area contributed by atoms with Gasteiger partial charge in [0.25, 0.3) is 0 Å². The molecule has 0 aliphatic carbocycles. The highest BCUT2D eigenvalue weighted by Crippen LogP contribution is 2.14. The SMILES string of the molecule is C=C/C(CC)=C(\C=C(C)C)OCC. The van der Waals surface area contributed by atoms with E-state index in [1.165, 1.54) is 11.1 Å². The minimum atomic E-state index is 0.705. The maximum Gasteiger partial charge on any atom is 0.122 e. The van der Waals surface area contributed by atoms with Crippen molar-refractivity contribution >= 4 is 0 Å². The van der Waals surface area contributed by atoms with Gasteiger partial charge in [-0.1, -0.05) is 25.2 Å². The third-order valence-electron chi connectivity index (χ3n) is 1.66. The molecule has 0 fully saturated rings. The lowest BCUT2D eigenvalue weighted by molar-refractivity contribution is 0.239. The Morgan fingerprint density at radius 1 is 1.31 bits per heavy atom. The molecular formula is C12H20O. The van der Waals surface area contributed by atoms with Crippen molar-refractivity contribution in [1.29, 1.82) is 0 Å². The predicted octanol–water partition coefficient (Wildman–Crippen LogP) is 3.84. The summed E-state index contributed by atoms with van der Waals surface area (Å²) in [5.74, 6) is 0.958. The molecule has 1 heteroatoms. The van der Waals surface area contributed by atoms with E-state index in [4.69, 9.17) is 4.74 Å². The van der Waals surface area contributed by atoms with Crippen LogP contribution >= 0.6 is 0 Å². The molecule has 0 heterocycles. The first-order valence-electron chi connectivity index (χ1n) is 4.78. The average molecular weight is 180 g/mol. The van der Waals surface area contributed by atoms with E-state index in [9.17, 15) is 0 Å². The van der Waals surface area contributed by atoms with Crippen molar-refractivity contribution in [1.82, 2.24) is 0 Å². The van der Waals surface area contributed by atoms with Crippen molar-refractivity contribution in [2.24, 2.45) is 0 Å². The van der Waals surface area contributed by atoms with E-state index in [1.54, 1.807) is 0 Å². The van der Waals surface area contributed by atoms with Gasteiger partial charge in [-0.05, 0) is 38.8 Å². The van der Waals surface area contributed by atoms with Crippen molar-refractivity contribution in [2.45, 2.75) is 34.1 Å². The summed E-state index contributed by atoms with van der Waals surface area (Å²) in [5.41, 5.74) is 2.42. The molecule has 0 amide bonds. The second-order valence-electron chi connectivity index (χ2n) is 3.10. The highest BCUT2D eigenvalue weighted by molar-refractivity contribution is 5.29. The fourth-order valence-electron chi connectivity index (χ4n) is 1.06. The third kappa shape index (κ3) is 4.56. The van der Waals surface area contributed by atoms with E-state index in [1.807, 2.05) is 13.0 Å². The predicted molar refractivity (Wildman–Crippen MR) is 58.6 cm³/mol. The Balaban J connectivity index is 4.84. The van der Waals surface area contributed by atoms with Gasteiger partial charge in [-0.15, -0.1) is 0 Å².